The summed E-state index contributed by atoms with van der Waals surface area (Å²) in [6, 6.07) is 15.1. The highest BCUT2D eigenvalue weighted by Gasteiger charge is 2.20. The number of carbonyl (C=O) groups excluding carboxylic acids is 1. The van der Waals surface area contributed by atoms with Crippen LogP contribution in [0.4, 0.5) is 5.69 Å². The Kier molecular flexibility index (Phi) is 5.83. The van der Waals surface area contributed by atoms with Gasteiger partial charge >= 0.3 is 0 Å². The van der Waals surface area contributed by atoms with Crippen molar-refractivity contribution in [2.45, 2.75) is 25.9 Å². The van der Waals surface area contributed by atoms with Crippen LogP contribution in [0.5, 0.6) is 0 Å². The van der Waals surface area contributed by atoms with Gasteiger partial charge in [-0.25, -0.2) is 0 Å². The fourth-order valence-electron chi connectivity index (χ4n) is 2.27. The summed E-state index contributed by atoms with van der Waals surface area (Å²) in [5, 5.41) is 5.86. The second-order valence-corrected chi connectivity index (χ2v) is 6.20. The van der Waals surface area contributed by atoms with Crippen molar-refractivity contribution in [1.82, 2.24) is 0 Å². The molecule has 0 saturated heterocycles. The fourth-order valence-corrected chi connectivity index (χ4v) is 2.80. The van der Waals surface area contributed by atoms with Crippen molar-refractivity contribution in [3.63, 3.8) is 0 Å². The lowest BCUT2D eigenvalue weighted by molar-refractivity contribution is -0.709. The normalized spacial score (nSPS) is 13.5. The van der Waals surface area contributed by atoms with E-state index in [-0.39, 0.29) is 18.0 Å². The Morgan fingerprint density at radius 2 is 1.64 bits per heavy atom. The van der Waals surface area contributed by atoms with Gasteiger partial charge in [-0.2, -0.15) is 0 Å². The molecule has 0 aliphatic heterocycles. The van der Waals surface area contributed by atoms with Crippen molar-refractivity contribution < 1.29 is 10.1 Å². The van der Waals surface area contributed by atoms with Crippen LogP contribution in [0.2, 0.25) is 10.0 Å². The molecular formula is C17H19Cl2N2O+. The Morgan fingerprint density at radius 3 is 2.23 bits per heavy atom. The topological polar surface area (TPSA) is 45.7 Å². The van der Waals surface area contributed by atoms with Gasteiger partial charge in [0.1, 0.15) is 6.04 Å². The van der Waals surface area contributed by atoms with Crippen LogP contribution in [0.15, 0.2) is 48.5 Å². The molecule has 3 N–H and O–H groups in total. The summed E-state index contributed by atoms with van der Waals surface area (Å²) in [5.74, 6) is -0.0823. The van der Waals surface area contributed by atoms with Crippen LogP contribution in [0.1, 0.15) is 25.5 Å². The quantitative estimate of drug-likeness (QED) is 0.859. The summed E-state index contributed by atoms with van der Waals surface area (Å²) in [5.41, 5.74) is 1.79. The van der Waals surface area contributed by atoms with Crippen molar-refractivity contribution in [2.24, 2.45) is 0 Å². The van der Waals surface area contributed by atoms with Gasteiger partial charge < -0.3 is 10.6 Å². The average Bonchev–Trinajstić information content (AvgIpc) is 2.46. The number of quaternary nitrogens is 1. The molecule has 1 amide bonds. The lowest BCUT2D eigenvalue weighted by Gasteiger charge is -2.17. The lowest BCUT2D eigenvalue weighted by Crippen LogP contribution is -2.91. The molecule has 0 saturated carbocycles. The van der Waals surface area contributed by atoms with E-state index in [1.807, 2.05) is 30.4 Å². The predicted molar refractivity (Wildman–Crippen MR) is 91.3 cm³/mol. The van der Waals surface area contributed by atoms with E-state index in [0.29, 0.717) is 15.7 Å². The van der Waals surface area contributed by atoms with Crippen molar-refractivity contribution in [1.29, 1.82) is 0 Å². The van der Waals surface area contributed by atoms with E-state index in [2.05, 4.69) is 24.4 Å². The molecule has 0 spiro atoms. The second kappa shape index (κ2) is 7.63. The maximum absolute atomic E-state index is 12.3. The number of rotatable bonds is 5. The molecule has 2 aromatic rings. The van der Waals surface area contributed by atoms with Gasteiger partial charge in [0.15, 0.2) is 6.04 Å². The van der Waals surface area contributed by atoms with Gasteiger partial charge in [0, 0.05) is 21.3 Å². The van der Waals surface area contributed by atoms with Gasteiger partial charge in [0.05, 0.1) is 0 Å². The molecule has 0 aliphatic rings. The fraction of sp³-hybridized carbons (Fsp3) is 0.235. The van der Waals surface area contributed by atoms with Gasteiger partial charge in [-0.15, -0.1) is 0 Å². The molecule has 0 aliphatic carbocycles. The van der Waals surface area contributed by atoms with E-state index < -0.39 is 0 Å². The van der Waals surface area contributed by atoms with Crippen molar-refractivity contribution in [3.8, 4) is 0 Å². The molecule has 22 heavy (non-hydrogen) atoms. The molecule has 0 fully saturated rings. The molecule has 0 aromatic heterocycles. The Morgan fingerprint density at radius 1 is 1.05 bits per heavy atom. The number of halogens is 2. The molecule has 5 heteroatoms. The number of benzene rings is 2. The standard InChI is InChI=1S/C17H18Cl2N2O/c1-11(13-6-4-3-5-7-13)20-12(2)17(22)21-16-9-14(18)8-15(19)10-16/h3-12,20H,1-2H3,(H,21,22)/p+1/t11-,12+/m0/s1. The molecule has 2 atom stereocenters. The smallest absolute Gasteiger partial charge is 0.282 e. The lowest BCUT2D eigenvalue weighted by atomic mass is 10.1. The SMILES string of the molecule is C[C@H]([NH2+][C@H](C)C(=O)Nc1cc(Cl)cc(Cl)c1)c1ccccc1. The maximum Gasteiger partial charge on any atom is 0.282 e. The third-order valence-electron chi connectivity index (χ3n) is 3.45. The Labute approximate surface area is 140 Å². The molecule has 116 valence electrons. The number of nitrogens with one attached hydrogen (secondary N) is 1. The third kappa shape index (κ3) is 4.73. The van der Waals surface area contributed by atoms with E-state index in [9.17, 15) is 4.79 Å². The van der Waals surface area contributed by atoms with Crippen molar-refractivity contribution in [3.05, 3.63) is 64.1 Å². The molecule has 2 aromatic carbocycles. The minimum absolute atomic E-state index is 0.0823. The van der Waals surface area contributed by atoms with Crippen LogP contribution >= 0.6 is 23.2 Å². The monoisotopic (exact) mass is 337 g/mol. The minimum Gasteiger partial charge on any atom is -0.330 e. The number of carbonyl (C=O) groups is 1. The van der Waals surface area contributed by atoms with E-state index in [4.69, 9.17) is 23.2 Å². The number of hydrogen-bond donors (Lipinski definition) is 2. The van der Waals surface area contributed by atoms with Gasteiger partial charge in [0.2, 0.25) is 0 Å². The zero-order valence-electron chi connectivity index (χ0n) is 12.5. The van der Waals surface area contributed by atoms with Crippen LogP contribution in [0.25, 0.3) is 0 Å². The summed E-state index contributed by atoms with van der Waals surface area (Å²) in [4.78, 5) is 12.3. The van der Waals surface area contributed by atoms with Crippen LogP contribution in [-0.2, 0) is 4.79 Å². The van der Waals surface area contributed by atoms with Gasteiger partial charge in [0.25, 0.3) is 5.91 Å². The summed E-state index contributed by atoms with van der Waals surface area (Å²) < 4.78 is 0. The van der Waals surface area contributed by atoms with Crippen molar-refractivity contribution in [2.75, 3.05) is 5.32 Å². The van der Waals surface area contributed by atoms with E-state index in [1.165, 1.54) is 5.56 Å². The maximum atomic E-state index is 12.3. The highest BCUT2D eigenvalue weighted by atomic mass is 35.5. The first-order valence-electron chi connectivity index (χ1n) is 7.12. The van der Waals surface area contributed by atoms with E-state index in [1.54, 1.807) is 18.2 Å². The Bertz CT molecular complexity index is 626. The second-order valence-electron chi connectivity index (χ2n) is 5.33. The van der Waals surface area contributed by atoms with Gasteiger partial charge in [-0.05, 0) is 32.0 Å². The first-order valence-corrected chi connectivity index (χ1v) is 7.88. The Hall–Kier alpha value is -1.55. The Balaban J connectivity index is 1.97. The zero-order chi connectivity index (χ0) is 16.1. The first kappa shape index (κ1) is 16.8. The van der Waals surface area contributed by atoms with Crippen molar-refractivity contribution >= 4 is 34.8 Å². The molecule has 2 rings (SSSR count). The van der Waals surface area contributed by atoms with Gasteiger partial charge in [-0.3, -0.25) is 4.79 Å². The summed E-state index contributed by atoms with van der Waals surface area (Å²) in [6.07, 6.45) is 0. The third-order valence-corrected chi connectivity index (χ3v) is 3.88. The molecule has 3 nitrogen and oxygen atoms in total. The van der Waals surface area contributed by atoms with Crippen LogP contribution in [-0.4, -0.2) is 11.9 Å². The predicted octanol–water partition coefficient (Wildman–Crippen LogP) is 3.65. The summed E-state index contributed by atoms with van der Waals surface area (Å²) in [6.45, 7) is 3.95. The molecule has 0 heterocycles. The van der Waals surface area contributed by atoms with E-state index in [0.717, 1.165) is 0 Å². The minimum atomic E-state index is -0.229. The zero-order valence-corrected chi connectivity index (χ0v) is 14.0. The molecule has 0 bridgehead atoms. The number of amides is 1. The van der Waals surface area contributed by atoms with E-state index >= 15 is 0 Å². The number of nitrogens with two attached hydrogens (primary N) is 1. The highest BCUT2D eigenvalue weighted by molar-refractivity contribution is 6.35. The molecule has 0 unspecified atom stereocenters. The van der Waals surface area contributed by atoms with Crippen LogP contribution < -0.4 is 10.6 Å². The van der Waals surface area contributed by atoms with Crippen LogP contribution in [0, 0.1) is 0 Å². The number of hydrogen-bond acceptors (Lipinski definition) is 1. The van der Waals surface area contributed by atoms with Crippen LogP contribution in [0.3, 0.4) is 0 Å². The number of anilines is 1. The first-order chi connectivity index (χ1) is 10.5. The summed E-state index contributed by atoms with van der Waals surface area (Å²) >= 11 is 11.9. The average molecular weight is 338 g/mol. The molecular weight excluding hydrogens is 319 g/mol. The van der Waals surface area contributed by atoms with Gasteiger partial charge in [-0.1, -0.05) is 53.5 Å². The highest BCUT2D eigenvalue weighted by Crippen LogP contribution is 2.22. The largest absolute Gasteiger partial charge is 0.330 e. The molecule has 0 radical (unpaired) electrons. The summed E-state index contributed by atoms with van der Waals surface area (Å²) in [7, 11) is 0.